The number of alkyl halides is 3. The van der Waals surface area contributed by atoms with E-state index in [-0.39, 0.29) is 11.8 Å². The summed E-state index contributed by atoms with van der Waals surface area (Å²) in [5.41, 5.74) is 0.921. The second kappa shape index (κ2) is 8.20. The highest BCUT2D eigenvalue weighted by Crippen LogP contribution is 2.28. The number of furan rings is 1. The van der Waals surface area contributed by atoms with Crippen LogP contribution in [-0.4, -0.2) is 22.4 Å². The van der Waals surface area contributed by atoms with Crippen LogP contribution in [0.25, 0.3) is 11.3 Å². The maximum absolute atomic E-state index is 12.5. The van der Waals surface area contributed by atoms with Crippen molar-refractivity contribution in [2.24, 2.45) is 0 Å². The molecule has 0 bridgehead atoms. The molecule has 0 fully saturated rings. The molecule has 0 saturated carbocycles. The molecule has 1 aromatic carbocycles. The van der Waals surface area contributed by atoms with Gasteiger partial charge in [0, 0.05) is 17.7 Å². The lowest BCUT2D eigenvalue weighted by Gasteiger charge is -2.14. The summed E-state index contributed by atoms with van der Waals surface area (Å²) < 4.78 is 46.8. The number of nitrogens with zero attached hydrogens (tertiary/aromatic N) is 2. The van der Waals surface area contributed by atoms with Gasteiger partial charge in [-0.15, -0.1) is 13.2 Å². The van der Waals surface area contributed by atoms with E-state index in [1.165, 1.54) is 18.2 Å². The molecule has 3 aromatic rings. The average Bonchev–Trinajstić information content (AvgIpc) is 3.11. The fourth-order valence-electron chi connectivity index (χ4n) is 2.45. The van der Waals surface area contributed by atoms with Gasteiger partial charge in [-0.2, -0.15) is 4.98 Å². The van der Waals surface area contributed by atoms with Crippen molar-refractivity contribution in [1.29, 1.82) is 0 Å². The first-order valence-corrected chi connectivity index (χ1v) is 8.56. The minimum atomic E-state index is -4.76. The van der Waals surface area contributed by atoms with Crippen molar-refractivity contribution in [2.75, 3.05) is 10.6 Å². The quantitative estimate of drug-likeness (QED) is 0.585. The fraction of sp³-hybridized carbons (Fsp3) is 0.263. The average molecular weight is 392 g/mol. The smallest absolute Gasteiger partial charge is 0.467 e. The van der Waals surface area contributed by atoms with Crippen LogP contribution < -0.4 is 15.4 Å². The monoisotopic (exact) mass is 392 g/mol. The van der Waals surface area contributed by atoms with Gasteiger partial charge in [-0.05, 0) is 38.1 Å². The normalized spacial score (nSPS) is 11.5. The third-order valence-corrected chi connectivity index (χ3v) is 3.53. The van der Waals surface area contributed by atoms with E-state index in [4.69, 9.17) is 4.42 Å². The molecule has 148 valence electrons. The van der Waals surface area contributed by atoms with Crippen LogP contribution in [0.1, 0.15) is 19.6 Å². The van der Waals surface area contributed by atoms with E-state index in [1.807, 2.05) is 19.9 Å². The molecular formula is C19H19F3N4O2. The first kappa shape index (κ1) is 19.5. The fourth-order valence-corrected chi connectivity index (χ4v) is 2.45. The first-order valence-electron chi connectivity index (χ1n) is 8.56. The van der Waals surface area contributed by atoms with Crippen LogP contribution in [0.3, 0.4) is 0 Å². The van der Waals surface area contributed by atoms with Crippen LogP contribution in [0.15, 0.2) is 53.1 Å². The van der Waals surface area contributed by atoms with Crippen molar-refractivity contribution in [1.82, 2.24) is 9.97 Å². The van der Waals surface area contributed by atoms with E-state index in [0.717, 1.165) is 5.76 Å². The lowest BCUT2D eigenvalue weighted by atomic mass is 10.1. The second-order valence-corrected chi connectivity index (χ2v) is 6.27. The minimum Gasteiger partial charge on any atom is -0.467 e. The zero-order valence-electron chi connectivity index (χ0n) is 15.2. The van der Waals surface area contributed by atoms with Crippen molar-refractivity contribution in [3.63, 3.8) is 0 Å². The molecule has 2 aromatic heterocycles. The molecule has 6 nitrogen and oxygen atoms in total. The molecule has 0 amide bonds. The summed E-state index contributed by atoms with van der Waals surface area (Å²) in [5.74, 6) is 1.27. The van der Waals surface area contributed by atoms with Gasteiger partial charge in [0.2, 0.25) is 5.95 Å². The third kappa shape index (κ3) is 5.63. The topological polar surface area (TPSA) is 72.2 Å². The van der Waals surface area contributed by atoms with Gasteiger partial charge in [0.05, 0.1) is 18.5 Å². The Morgan fingerprint density at radius 1 is 1.11 bits per heavy atom. The Bertz CT molecular complexity index is 912. The summed E-state index contributed by atoms with van der Waals surface area (Å²) in [5, 5.41) is 6.23. The molecule has 0 aliphatic rings. The van der Waals surface area contributed by atoms with Crippen LogP contribution in [0.4, 0.5) is 24.9 Å². The highest BCUT2D eigenvalue weighted by atomic mass is 19.4. The molecule has 0 unspecified atom stereocenters. The molecule has 3 rings (SSSR count). The van der Waals surface area contributed by atoms with E-state index in [9.17, 15) is 13.2 Å². The Kier molecular flexibility index (Phi) is 5.72. The summed E-state index contributed by atoms with van der Waals surface area (Å²) in [7, 11) is 0. The zero-order valence-corrected chi connectivity index (χ0v) is 15.2. The molecule has 0 radical (unpaired) electrons. The molecule has 2 heterocycles. The van der Waals surface area contributed by atoms with Crippen LogP contribution in [0, 0.1) is 0 Å². The van der Waals surface area contributed by atoms with Gasteiger partial charge in [0.15, 0.2) is 0 Å². The van der Waals surface area contributed by atoms with Gasteiger partial charge < -0.3 is 19.8 Å². The maximum Gasteiger partial charge on any atom is 0.573 e. The van der Waals surface area contributed by atoms with E-state index >= 15 is 0 Å². The number of benzene rings is 1. The molecule has 9 heteroatoms. The Hall–Kier alpha value is -3.23. The van der Waals surface area contributed by atoms with E-state index in [1.54, 1.807) is 24.5 Å². The number of aromatic nitrogens is 2. The van der Waals surface area contributed by atoms with E-state index < -0.39 is 6.36 Å². The van der Waals surface area contributed by atoms with Crippen molar-refractivity contribution in [3.05, 3.63) is 54.5 Å². The molecule has 0 aliphatic carbocycles. The Balaban J connectivity index is 1.90. The minimum absolute atomic E-state index is 0.0769. The number of anilines is 2. The number of rotatable bonds is 7. The lowest BCUT2D eigenvalue weighted by Crippen LogP contribution is -2.17. The van der Waals surface area contributed by atoms with Crippen LogP contribution in [0.5, 0.6) is 5.75 Å². The number of ether oxygens (including phenoxy) is 1. The molecule has 0 spiro atoms. The highest BCUT2D eigenvalue weighted by molar-refractivity contribution is 5.66. The molecule has 2 N–H and O–H groups in total. The van der Waals surface area contributed by atoms with Gasteiger partial charge in [-0.1, -0.05) is 12.1 Å². The predicted molar refractivity (Wildman–Crippen MR) is 98.9 cm³/mol. The molecule has 0 saturated heterocycles. The summed E-state index contributed by atoms with van der Waals surface area (Å²) in [6.07, 6.45) is -3.19. The van der Waals surface area contributed by atoms with Crippen LogP contribution >= 0.6 is 0 Å². The number of nitrogens with one attached hydrogen (secondary N) is 2. The number of halogens is 3. The number of hydrogen-bond donors (Lipinski definition) is 2. The summed E-state index contributed by atoms with van der Waals surface area (Å²) >= 11 is 0. The van der Waals surface area contributed by atoms with Gasteiger partial charge >= 0.3 is 6.36 Å². The van der Waals surface area contributed by atoms with E-state index in [2.05, 4.69) is 25.3 Å². The van der Waals surface area contributed by atoms with Crippen molar-refractivity contribution in [3.8, 4) is 17.0 Å². The first-order chi connectivity index (χ1) is 13.3. The van der Waals surface area contributed by atoms with Gasteiger partial charge in [0.1, 0.15) is 17.3 Å². The van der Waals surface area contributed by atoms with Crippen LogP contribution in [-0.2, 0) is 6.54 Å². The van der Waals surface area contributed by atoms with Crippen LogP contribution in [0.2, 0.25) is 0 Å². The molecule has 0 atom stereocenters. The van der Waals surface area contributed by atoms with Crippen molar-refractivity contribution >= 4 is 11.8 Å². The Morgan fingerprint density at radius 3 is 2.61 bits per heavy atom. The van der Waals surface area contributed by atoms with Gasteiger partial charge in [-0.25, -0.2) is 4.98 Å². The highest BCUT2D eigenvalue weighted by Gasteiger charge is 2.31. The summed E-state index contributed by atoms with van der Waals surface area (Å²) in [6, 6.07) is 11.0. The van der Waals surface area contributed by atoms with E-state index in [0.29, 0.717) is 29.6 Å². The van der Waals surface area contributed by atoms with Crippen molar-refractivity contribution in [2.45, 2.75) is 32.8 Å². The zero-order chi connectivity index (χ0) is 20.1. The number of hydrogen-bond acceptors (Lipinski definition) is 6. The SMILES string of the molecule is CC(C)Nc1nc(NCc2ccco2)cc(-c2cccc(OC(F)(F)F)c2)n1. The van der Waals surface area contributed by atoms with Gasteiger partial charge in [0.25, 0.3) is 0 Å². The Labute approximate surface area is 159 Å². The van der Waals surface area contributed by atoms with Crippen molar-refractivity contribution < 1.29 is 22.3 Å². The molecular weight excluding hydrogens is 373 g/mol. The molecule has 0 aliphatic heterocycles. The molecule has 28 heavy (non-hydrogen) atoms. The standard InChI is InChI=1S/C19H19F3N4O2/c1-12(2)24-18-25-16(10-17(26-18)23-11-15-7-4-8-27-15)13-5-3-6-14(9-13)28-19(20,21)22/h3-10,12H,11H2,1-2H3,(H2,23,24,25,26). The predicted octanol–water partition coefficient (Wildman–Crippen LogP) is 5.07. The third-order valence-electron chi connectivity index (χ3n) is 3.53. The Morgan fingerprint density at radius 2 is 1.93 bits per heavy atom. The summed E-state index contributed by atoms with van der Waals surface area (Å²) in [6.45, 7) is 4.27. The lowest BCUT2D eigenvalue weighted by molar-refractivity contribution is -0.274. The van der Waals surface area contributed by atoms with Gasteiger partial charge in [-0.3, -0.25) is 0 Å². The summed E-state index contributed by atoms with van der Waals surface area (Å²) in [4.78, 5) is 8.80. The second-order valence-electron chi connectivity index (χ2n) is 6.27. The largest absolute Gasteiger partial charge is 0.573 e. The maximum atomic E-state index is 12.5.